The number of carbonyl (C=O) groups excluding carboxylic acids is 4. The van der Waals surface area contributed by atoms with E-state index in [4.69, 9.17) is 0 Å². The molecular formula is C14H16N3O5-. The normalized spacial score (nSPS) is 9.68. The number of carbonyl (C=O) groups is 4. The van der Waals surface area contributed by atoms with E-state index in [-0.39, 0.29) is 23.6 Å². The second-order valence-electron chi connectivity index (χ2n) is 4.40. The number of nitrogens with one attached hydrogen (secondary N) is 3. The van der Waals surface area contributed by atoms with Gasteiger partial charge in [0.05, 0.1) is 5.97 Å². The maximum Gasteiger partial charge on any atom is 0.247 e. The molecule has 118 valence electrons. The smallest absolute Gasteiger partial charge is 0.247 e. The van der Waals surface area contributed by atoms with Gasteiger partial charge in [0.25, 0.3) is 0 Å². The summed E-state index contributed by atoms with van der Waals surface area (Å²) < 4.78 is 0. The number of amides is 3. The van der Waals surface area contributed by atoms with Crippen molar-refractivity contribution in [3.63, 3.8) is 0 Å². The highest BCUT2D eigenvalue weighted by molar-refractivity contribution is 6.06. The predicted molar refractivity (Wildman–Crippen MR) is 75.2 cm³/mol. The summed E-state index contributed by atoms with van der Waals surface area (Å²) in [6.45, 7) is 1.81. The van der Waals surface area contributed by atoms with E-state index in [1.54, 1.807) is 0 Å². The summed E-state index contributed by atoms with van der Waals surface area (Å²) in [7, 11) is 0. The monoisotopic (exact) mass is 306 g/mol. The van der Waals surface area contributed by atoms with E-state index in [1.165, 1.54) is 24.3 Å². The van der Waals surface area contributed by atoms with Crippen molar-refractivity contribution in [2.45, 2.75) is 26.2 Å². The first kappa shape index (κ1) is 17.2. The number of rotatable bonds is 6. The van der Waals surface area contributed by atoms with E-state index in [0.29, 0.717) is 6.42 Å². The molecule has 0 saturated heterocycles. The summed E-state index contributed by atoms with van der Waals surface area (Å²) in [6.07, 6.45) is 0.321. The van der Waals surface area contributed by atoms with Gasteiger partial charge < -0.3 is 15.2 Å². The summed E-state index contributed by atoms with van der Waals surface area (Å²) in [6, 6.07) is 5.67. The SMILES string of the molecule is CCCC(=O)NNC(=O)CC(=O)Nc1ccccc1C(=O)[O-]. The summed E-state index contributed by atoms with van der Waals surface area (Å²) in [5, 5.41) is 13.2. The van der Waals surface area contributed by atoms with Gasteiger partial charge in [0, 0.05) is 17.7 Å². The van der Waals surface area contributed by atoms with Crippen LogP contribution in [0.1, 0.15) is 36.5 Å². The average molecular weight is 306 g/mol. The van der Waals surface area contributed by atoms with Crippen LogP contribution in [0.2, 0.25) is 0 Å². The van der Waals surface area contributed by atoms with Crippen LogP contribution >= 0.6 is 0 Å². The zero-order valence-electron chi connectivity index (χ0n) is 12.0. The molecule has 0 aliphatic heterocycles. The van der Waals surface area contributed by atoms with Crippen LogP contribution in [0, 0.1) is 0 Å². The molecule has 1 rings (SSSR count). The number of carboxylic acid groups (broad SMARTS) is 1. The van der Waals surface area contributed by atoms with Crippen molar-refractivity contribution in [2.24, 2.45) is 0 Å². The third-order valence-corrected chi connectivity index (χ3v) is 2.56. The molecule has 0 saturated carbocycles. The van der Waals surface area contributed by atoms with Crippen molar-refractivity contribution in [2.75, 3.05) is 5.32 Å². The fourth-order valence-electron chi connectivity index (χ4n) is 1.58. The van der Waals surface area contributed by atoms with Crippen molar-refractivity contribution in [1.82, 2.24) is 10.9 Å². The van der Waals surface area contributed by atoms with Gasteiger partial charge in [0.15, 0.2) is 0 Å². The van der Waals surface area contributed by atoms with Crippen LogP contribution in [0.3, 0.4) is 0 Å². The van der Waals surface area contributed by atoms with Gasteiger partial charge in [-0.2, -0.15) is 0 Å². The summed E-state index contributed by atoms with van der Waals surface area (Å²) in [4.78, 5) is 45.1. The molecule has 0 unspecified atom stereocenters. The largest absolute Gasteiger partial charge is 0.545 e. The molecular weight excluding hydrogens is 290 g/mol. The first-order valence-corrected chi connectivity index (χ1v) is 6.62. The Kier molecular flexibility index (Phi) is 6.55. The van der Waals surface area contributed by atoms with Gasteiger partial charge in [-0.1, -0.05) is 25.1 Å². The maximum atomic E-state index is 11.7. The molecule has 0 aromatic heterocycles. The Hall–Kier alpha value is -2.90. The van der Waals surface area contributed by atoms with Gasteiger partial charge in [0.2, 0.25) is 17.7 Å². The Morgan fingerprint density at radius 1 is 1.00 bits per heavy atom. The molecule has 1 aromatic rings. The molecule has 0 heterocycles. The number of para-hydroxylation sites is 1. The van der Waals surface area contributed by atoms with E-state index in [9.17, 15) is 24.3 Å². The molecule has 0 aliphatic rings. The molecule has 1 aromatic carbocycles. The first-order valence-electron chi connectivity index (χ1n) is 6.62. The van der Waals surface area contributed by atoms with Crippen LogP contribution in [-0.2, 0) is 14.4 Å². The molecule has 0 fully saturated rings. The third kappa shape index (κ3) is 5.61. The topological polar surface area (TPSA) is 127 Å². The van der Waals surface area contributed by atoms with Gasteiger partial charge in [-0.15, -0.1) is 0 Å². The van der Waals surface area contributed by atoms with Crippen LogP contribution in [0.4, 0.5) is 5.69 Å². The highest BCUT2D eigenvalue weighted by atomic mass is 16.4. The van der Waals surface area contributed by atoms with Crippen molar-refractivity contribution >= 4 is 29.4 Å². The Bertz CT molecular complexity index is 586. The van der Waals surface area contributed by atoms with Crippen LogP contribution in [0.25, 0.3) is 0 Å². The Morgan fingerprint density at radius 2 is 1.64 bits per heavy atom. The van der Waals surface area contributed by atoms with Crippen molar-refractivity contribution in [1.29, 1.82) is 0 Å². The van der Waals surface area contributed by atoms with E-state index in [1.807, 2.05) is 6.92 Å². The number of benzene rings is 1. The third-order valence-electron chi connectivity index (χ3n) is 2.56. The van der Waals surface area contributed by atoms with E-state index in [0.717, 1.165) is 0 Å². The summed E-state index contributed by atoms with van der Waals surface area (Å²) in [5.74, 6) is -3.23. The molecule has 0 spiro atoms. The second kappa shape index (κ2) is 8.40. The van der Waals surface area contributed by atoms with Crippen LogP contribution in [0.15, 0.2) is 24.3 Å². The summed E-state index contributed by atoms with van der Waals surface area (Å²) >= 11 is 0. The highest BCUT2D eigenvalue weighted by Gasteiger charge is 2.12. The van der Waals surface area contributed by atoms with E-state index in [2.05, 4.69) is 16.2 Å². The second-order valence-corrected chi connectivity index (χ2v) is 4.40. The van der Waals surface area contributed by atoms with Gasteiger partial charge in [-0.25, -0.2) is 0 Å². The van der Waals surface area contributed by atoms with Gasteiger partial charge in [-0.05, 0) is 12.5 Å². The Balaban J connectivity index is 2.51. The fourth-order valence-corrected chi connectivity index (χ4v) is 1.58. The van der Waals surface area contributed by atoms with E-state index < -0.39 is 24.2 Å². The lowest BCUT2D eigenvalue weighted by atomic mass is 10.2. The first-order chi connectivity index (χ1) is 10.4. The molecule has 0 bridgehead atoms. The van der Waals surface area contributed by atoms with Crippen LogP contribution in [-0.4, -0.2) is 23.7 Å². The maximum absolute atomic E-state index is 11.7. The predicted octanol–water partition coefficient (Wildman–Crippen LogP) is -0.674. The standard InChI is InChI=1S/C14H17N3O5/c1-2-5-11(18)16-17-13(20)8-12(19)15-10-7-4-3-6-9(10)14(21)22/h3-4,6-7H,2,5,8H2,1H3,(H,15,19)(H,16,18)(H,17,20)(H,21,22)/p-1. The number of hydrogen-bond acceptors (Lipinski definition) is 5. The van der Waals surface area contributed by atoms with Crippen molar-refractivity contribution in [3.8, 4) is 0 Å². The van der Waals surface area contributed by atoms with Crippen molar-refractivity contribution < 1.29 is 24.3 Å². The number of aromatic carboxylic acids is 1. The number of anilines is 1. The zero-order chi connectivity index (χ0) is 16.5. The fraction of sp³-hybridized carbons (Fsp3) is 0.286. The van der Waals surface area contributed by atoms with Gasteiger partial charge >= 0.3 is 0 Å². The number of carboxylic acids is 1. The lowest BCUT2D eigenvalue weighted by Crippen LogP contribution is -2.42. The molecule has 3 N–H and O–H groups in total. The lowest BCUT2D eigenvalue weighted by Gasteiger charge is -2.11. The molecule has 0 aliphatic carbocycles. The van der Waals surface area contributed by atoms with Crippen LogP contribution < -0.4 is 21.3 Å². The van der Waals surface area contributed by atoms with Crippen molar-refractivity contribution in [3.05, 3.63) is 29.8 Å². The molecule has 8 nitrogen and oxygen atoms in total. The van der Waals surface area contributed by atoms with E-state index >= 15 is 0 Å². The number of hydrogen-bond donors (Lipinski definition) is 3. The molecule has 8 heteroatoms. The Morgan fingerprint density at radius 3 is 2.27 bits per heavy atom. The Labute approximate surface area is 126 Å². The summed E-state index contributed by atoms with van der Waals surface area (Å²) in [5.41, 5.74) is 4.10. The molecule has 0 atom stereocenters. The minimum Gasteiger partial charge on any atom is -0.545 e. The molecule has 0 radical (unpaired) electrons. The quantitative estimate of drug-likeness (QED) is 0.474. The highest BCUT2D eigenvalue weighted by Crippen LogP contribution is 2.14. The molecule has 3 amide bonds. The minimum atomic E-state index is -1.44. The van der Waals surface area contributed by atoms with Gasteiger partial charge in [-0.3, -0.25) is 25.2 Å². The number of hydrazine groups is 1. The van der Waals surface area contributed by atoms with Gasteiger partial charge in [0.1, 0.15) is 6.42 Å². The molecule has 22 heavy (non-hydrogen) atoms. The van der Waals surface area contributed by atoms with Crippen LogP contribution in [0.5, 0.6) is 0 Å². The zero-order valence-corrected chi connectivity index (χ0v) is 12.0. The average Bonchev–Trinajstić information content (AvgIpc) is 2.45. The lowest BCUT2D eigenvalue weighted by molar-refractivity contribution is -0.254. The minimum absolute atomic E-state index is 0.0373.